The molecule has 0 saturated carbocycles. The highest BCUT2D eigenvalue weighted by atomic mass is 79.9. The largest absolute Gasteiger partial charge is 0.469 e. The lowest BCUT2D eigenvalue weighted by Gasteiger charge is -2.21. The number of nitro groups is 1. The molecule has 1 amide bonds. The third-order valence-electron chi connectivity index (χ3n) is 3.91. The molecule has 148 valence electrons. The number of nitro benzene ring substituents is 1. The normalized spacial score (nSPS) is 10.5. The van der Waals surface area contributed by atoms with Gasteiger partial charge < -0.3 is 10.1 Å². The second-order valence-electron chi connectivity index (χ2n) is 5.99. The predicted octanol–water partition coefficient (Wildman–Crippen LogP) is 3.36. The van der Waals surface area contributed by atoms with E-state index in [1.807, 2.05) is 35.2 Å². The number of ether oxygens (including phenoxy) is 1. The highest BCUT2D eigenvalue weighted by Gasteiger charge is 2.16. The van der Waals surface area contributed by atoms with Crippen LogP contribution in [0.5, 0.6) is 0 Å². The Balaban J connectivity index is 2.04. The summed E-state index contributed by atoms with van der Waals surface area (Å²) in [6.45, 7) is 0.901. The van der Waals surface area contributed by atoms with E-state index in [2.05, 4.69) is 26.0 Å². The average molecular weight is 450 g/mol. The summed E-state index contributed by atoms with van der Waals surface area (Å²) in [5.41, 5.74) is 1.37. The number of carbonyl (C=O) groups excluding carboxylic acids is 2. The van der Waals surface area contributed by atoms with Gasteiger partial charge in [-0.1, -0.05) is 30.3 Å². The molecule has 9 heteroatoms. The van der Waals surface area contributed by atoms with Crippen molar-refractivity contribution in [1.29, 1.82) is 0 Å². The summed E-state index contributed by atoms with van der Waals surface area (Å²) in [7, 11) is 1.32. The van der Waals surface area contributed by atoms with Crippen LogP contribution in [0.4, 0.5) is 11.4 Å². The summed E-state index contributed by atoms with van der Waals surface area (Å²) >= 11 is 3.23. The number of nitrogens with one attached hydrogen (secondary N) is 1. The molecule has 2 aromatic rings. The molecule has 0 unspecified atom stereocenters. The topological polar surface area (TPSA) is 102 Å². The number of halogens is 1. The monoisotopic (exact) mass is 449 g/mol. The number of amides is 1. The number of nitrogens with zero attached hydrogens (tertiary/aromatic N) is 2. The molecule has 0 atom stereocenters. The Morgan fingerprint density at radius 2 is 1.93 bits per heavy atom. The number of hydrogen-bond donors (Lipinski definition) is 1. The summed E-state index contributed by atoms with van der Waals surface area (Å²) in [5.74, 6) is -0.646. The molecule has 0 heterocycles. The molecule has 0 saturated heterocycles. The molecular weight excluding hydrogens is 430 g/mol. The van der Waals surface area contributed by atoms with Crippen LogP contribution in [0.15, 0.2) is 53.0 Å². The van der Waals surface area contributed by atoms with Crippen LogP contribution >= 0.6 is 15.9 Å². The van der Waals surface area contributed by atoms with Crippen LogP contribution in [0, 0.1) is 10.1 Å². The fraction of sp³-hybridized carbons (Fsp3) is 0.263. The van der Waals surface area contributed by atoms with E-state index in [-0.39, 0.29) is 30.5 Å². The van der Waals surface area contributed by atoms with E-state index in [0.717, 1.165) is 5.56 Å². The minimum absolute atomic E-state index is 0.0509. The number of rotatable bonds is 9. The van der Waals surface area contributed by atoms with Gasteiger partial charge in [-0.2, -0.15) is 0 Å². The quantitative estimate of drug-likeness (QED) is 0.357. The molecule has 28 heavy (non-hydrogen) atoms. The Kier molecular flexibility index (Phi) is 8.09. The van der Waals surface area contributed by atoms with Crippen LogP contribution in [0.25, 0.3) is 0 Å². The number of esters is 1. The van der Waals surface area contributed by atoms with Gasteiger partial charge in [-0.15, -0.1) is 0 Å². The molecule has 0 aromatic heterocycles. The van der Waals surface area contributed by atoms with Gasteiger partial charge in [0.05, 0.1) is 30.7 Å². The minimum Gasteiger partial charge on any atom is -0.469 e. The van der Waals surface area contributed by atoms with Crippen molar-refractivity contribution in [2.24, 2.45) is 0 Å². The lowest BCUT2D eigenvalue weighted by molar-refractivity contribution is -0.384. The van der Waals surface area contributed by atoms with Crippen molar-refractivity contribution in [3.8, 4) is 0 Å². The van der Waals surface area contributed by atoms with Gasteiger partial charge >= 0.3 is 5.97 Å². The zero-order valence-electron chi connectivity index (χ0n) is 15.3. The van der Waals surface area contributed by atoms with Crippen molar-refractivity contribution < 1.29 is 19.2 Å². The van der Waals surface area contributed by atoms with E-state index in [9.17, 15) is 19.7 Å². The molecule has 0 radical (unpaired) electrons. The standard InChI is InChI=1S/C19H20BrN3O5/c1-28-19(25)9-10-22(12-14-5-3-2-4-6-14)13-18(24)21-17-8-7-15(23(26)27)11-16(17)20/h2-8,11H,9-10,12-13H2,1H3,(H,21,24). The first-order valence-electron chi connectivity index (χ1n) is 8.46. The van der Waals surface area contributed by atoms with E-state index in [1.165, 1.54) is 25.3 Å². The van der Waals surface area contributed by atoms with Crippen LogP contribution in [-0.4, -0.2) is 41.9 Å². The van der Waals surface area contributed by atoms with Crippen molar-refractivity contribution >= 4 is 39.2 Å². The Hall–Kier alpha value is -2.78. The molecule has 2 rings (SSSR count). The Morgan fingerprint density at radius 1 is 1.21 bits per heavy atom. The molecule has 8 nitrogen and oxygen atoms in total. The van der Waals surface area contributed by atoms with Gasteiger partial charge in [-0.25, -0.2) is 0 Å². The highest BCUT2D eigenvalue weighted by molar-refractivity contribution is 9.10. The van der Waals surface area contributed by atoms with Gasteiger partial charge in [-0.05, 0) is 27.6 Å². The van der Waals surface area contributed by atoms with Gasteiger partial charge in [0, 0.05) is 29.7 Å². The Morgan fingerprint density at radius 3 is 2.54 bits per heavy atom. The Bertz CT molecular complexity index is 845. The first-order chi connectivity index (χ1) is 13.4. The smallest absolute Gasteiger partial charge is 0.306 e. The SMILES string of the molecule is COC(=O)CCN(CC(=O)Nc1ccc([N+](=O)[O-])cc1Br)Cc1ccccc1. The molecule has 0 aliphatic carbocycles. The summed E-state index contributed by atoms with van der Waals surface area (Å²) < 4.78 is 5.09. The van der Waals surface area contributed by atoms with Gasteiger partial charge in [0.2, 0.25) is 5.91 Å². The number of carbonyl (C=O) groups is 2. The molecule has 2 aromatic carbocycles. The van der Waals surface area contributed by atoms with Crippen molar-refractivity contribution in [3.05, 3.63) is 68.7 Å². The molecule has 1 N–H and O–H groups in total. The molecule has 0 aliphatic rings. The predicted molar refractivity (Wildman–Crippen MR) is 108 cm³/mol. The maximum atomic E-state index is 12.5. The second kappa shape index (κ2) is 10.5. The molecule has 0 bridgehead atoms. The third kappa shape index (κ3) is 6.75. The summed E-state index contributed by atoms with van der Waals surface area (Å²) in [5, 5.41) is 13.5. The number of hydrogen-bond acceptors (Lipinski definition) is 6. The van der Waals surface area contributed by atoms with E-state index in [4.69, 9.17) is 0 Å². The third-order valence-corrected chi connectivity index (χ3v) is 4.57. The zero-order chi connectivity index (χ0) is 20.5. The maximum absolute atomic E-state index is 12.5. The van der Waals surface area contributed by atoms with Crippen LogP contribution in [0.2, 0.25) is 0 Å². The van der Waals surface area contributed by atoms with Crippen LogP contribution in [-0.2, 0) is 20.9 Å². The van der Waals surface area contributed by atoms with Crippen LogP contribution in [0.1, 0.15) is 12.0 Å². The number of methoxy groups -OCH3 is 1. The average Bonchev–Trinajstić information content (AvgIpc) is 2.68. The van der Waals surface area contributed by atoms with Gasteiger partial charge in [0.1, 0.15) is 0 Å². The fourth-order valence-corrected chi connectivity index (χ4v) is 2.98. The fourth-order valence-electron chi connectivity index (χ4n) is 2.52. The lowest BCUT2D eigenvalue weighted by atomic mass is 10.2. The summed E-state index contributed by atoms with van der Waals surface area (Å²) in [4.78, 5) is 36.1. The van der Waals surface area contributed by atoms with Crippen molar-refractivity contribution in [2.45, 2.75) is 13.0 Å². The van der Waals surface area contributed by atoms with Crippen molar-refractivity contribution in [3.63, 3.8) is 0 Å². The van der Waals surface area contributed by atoms with Crippen molar-refractivity contribution in [1.82, 2.24) is 4.90 Å². The van der Waals surface area contributed by atoms with Gasteiger partial charge in [0.15, 0.2) is 0 Å². The second-order valence-corrected chi connectivity index (χ2v) is 6.85. The Labute approximate surface area is 170 Å². The summed E-state index contributed by atoms with van der Waals surface area (Å²) in [6.07, 6.45) is 0.165. The highest BCUT2D eigenvalue weighted by Crippen LogP contribution is 2.27. The van der Waals surface area contributed by atoms with E-state index < -0.39 is 4.92 Å². The maximum Gasteiger partial charge on any atom is 0.306 e. The molecule has 0 aliphatic heterocycles. The number of anilines is 1. The van der Waals surface area contributed by atoms with Crippen molar-refractivity contribution in [2.75, 3.05) is 25.5 Å². The van der Waals surface area contributed by atoms with E-state index >= 15 is 0 Å². The van der Waals surface area contributed by atoms with E-state index in [0.29, 0.717) is 23.2 Å². The van der Waals surface area contributed by atoms with Gasteiger partial charge in [0.25, 0.3) is 5.69 Å². The lowest BCUT2D eigenvalue weighted by Crippen LogP contribution is -2.34. The zero-order valence-corrected chi connectivity index (χ0v) is 16.8. The first-order valence-corrected chi connectivity index (χ1v) is 9.25. The van der Waals surface area contributed by atoms with Crippen LogP contribution in [0.3, 0.4) is 0 Å². The van der Waals surface area contributed by atoms with Crippen LogP contribution < -0.4 is 5.32 Å². The number of benzene rings is 2. The van der Waals surface area contributed by atoms with Gasteiger partial charge in [-0.3, -0.25) is 24.6 Å². The first kappa shape index (κ1) is 21.5. The number of non-ortho nitro benzene ring substituents is 1. The molecular formula is C19H20BrN3O5. The molecule has 0 fully saturated rings. The summed E-state index contributed by atoms with van der Waals surface area (Å²) in [6, 6.07) is 13.7. The van der Waals surface area contributed by atoms with E-state index in [1.54, 1.807) is 0 Å². The minimum atomic E-state index is -0.509. The molecule has 0 spiro atoms.